The van der Waals surface area contributed by atoms with Gasteiger partial charge in [0, 0.05) is 12.3 Å². The molecule has 70 valence electrons. The van der Waals surface area contributed by atoms with Crippen molar-refractivity contribution in [3.63, 3.8) is 0 Å². The molecule has 1 heteroatoms. The molecule has 1 nitrogen and oxygen atoms in total. The lowest BCUT2D eigenvalue weighted by Crippen LogP contribution is -2.27. The molecule has 0 fully saturated rings. The van der Waals surface area contributed by atoms with Crippen LogP contribution in [0.3, 0.4) is 0 Å². The van der Waals surface area contributed by atoms with Gasteiger partial charge in [-0.3, -0.25) is 0 Å². The van der Waals surface area contributed by atoms with E-state index in [2.05, 4.69) is 18.8 Å². The summed E-state index contributed by atoms with van der Waals surface area (Å²) in [6.45, 7) is 7.71. The summed E-state index contributed by atoms with van der Waals surface area (Å²) in [6.07, 6.45) is 3.30. The number of hydrogen-bond acceptors (Lipinski definition) is 1. The zero-order valence-corrected chi connectivity index (χ0v) is 8.65. The highest BCUT2D eigenvalue weighted by Crippen LogP contribution is 2.13. The van der Waals surface area contributed by atoms with Gasteiger partial charge in [-0.05, 0) is 27.2 Å². The Morgan fingerprint density at radius 3 is 2.42 bits per heavy atom. The van der Waals surface area contributed by atoms with Gasteiger partial charge in [-0.25, -0.2) is 0 Å². The van der Waals surface area contributed by atoms with E-state index in [1.54, 1.807) is 13.8 Å². The molecule has 0 saturated heterocycles. The van der Waals surface area contributed by atoms with E-state index < -0.39 is 5.60 Å². The van der Waals surface area contributed by atoms with Crippen LogP contribution in [0.15, 0.2) is 0 Å². The van der Waals surface area contributed by atoms with Gasteiger partial charge in [0.2, 0.25) is 0 Å². The second-order valence-corrected chi connectivity index (χ2v) is 3.80. The predicted octanol–water partition coefficient (Wildman–Crippen LogP) is 2.59. The molecule has 1 unspecified atom stereocenters. The molecule has 0 radical (unpaired) electrons. The predicted molar refractivity (Wildman–Crippen MR) is 52.8 cm³/mol. The average molecular weight is 168 g/mol. The molecule has 0 aromatic heterocycles. The number of aliphatic hydroxyl groups is 1. The number of rotatable bonds is 3. The molecular formula is C11H20O. The fraction of sp³-hybridized carbons (Fsp3) is 0.818. The van der Waals surface area contributed by atoms with Crippen LogP contribution in [-0.2, 0) is 0 Å². The molecule has 1 atom stereocenters. The summed E-state index contributed by atoms with van der Waals surface area (Å²) >= 11 is 0. The molecule has 0 aliphatic rings. The quantitative estimate of drug-likeness (QED) is 0.507. The maximum Gasteiger partial charge on any atom is 0.0725 e. The lowest BCUT2D eigenvalue weighted by molar-refractivity contribution is 0.0476. The van der Waals surface area contributed by atoms with Crippen molar-refractivity contribution < 1.29 is 5.11 Å². The van der Waals surface area contributed by atoms with E-state index in [1.807, 2.05) is 6.92 Å². The maximum atomic E-state index is 9.54. The van der Waals surface area contributed by atoms with Crippen LogP contribution in [-0.4, -0.2) is 10.7 Å². The molecule has 0 amide bonds. The third-order valence-electron chi connectivity index (χ3n) is 2.03. The van der Waals surface area contributed by atoms with Gasteiger partial charge < -0.3 is 5.11 Å². The van der Waals surface area contributed by atoms with E-state index in [0.717, 1.165) is 12.8 Å². The lowest BCUT2D eigenvalue weighted by Gasteiger charge is -2.20. The Morgan fingerprint density at radius 1 is 1.42 bits per heavy atom. The SMILES string of the molecule is CCCCC#CC(C)C(C)(C)O. The molecule has 1 N–H and O–H groups in total. The summed E-state index contributed by atoms with van der Waals surface area (Å²) in [5.41, 5.74) is -0.667. The molecule has 0 aromatic carbocycles. The number of hydrogen-bond donors (Lipinski definition) is 1. The first-order valence-corrected chi connectivity index (χ1v) is 4.69. The van der Waals surface area contributed by atoms with Crippen LogP contribution in [0.1, 0.15) is 47.0 Å². The zero-order chi connectivity index (χ0) is 9.61. The third kappa shape index (κ3) is 5.21. The van der Waals surface area contributed by atoms with Crippen molar-refractivity contribution in [2.45, 2.75) is 52.6 Å². The largest absolute Gasteiger partial charge is 0.389 e. The summed E-state index contributed by atoms with van der Waals surface area (Å²) in [5.74, 6) is 6.20. The van der Waals surface area contributed by atoms with Gasteiger partial charge >= 0.3 is 0 Å². The Bertz CT molecular complexity index is 166. The monoisotopic (exact) mass is 168 g/mol. The number of unbranched alkanes of at least 4 members (excludes halogenated alkanes) is 2. The smallest absolute Gasteiger partial charge is 0.0725 e. The van der Waals surface area contributed by atoms with Crippen LogP contribution < -0.4 is 0 Å². The molecule has 0 saturated carbocycles. The van der Waals surface area contributed by atoms with Gasteiger partial charge in [0.15, 0.2) is 0 Å². The average Bonchev–Trinajstić information content (AvgIpc) is 1.96. The molecule has 0 aliphatic carbocycles. The van der Waals surface area contributed by atoms with Crippen LogP contribution in [0.4, 0.5) is 0 Å². The zero-order valence-electron chi connectivity index (χ0n) is 8.65. The third-order valence-corrected chi connectivity index (χ3v) is 2.03. The maximum absolute atomic E-state index is 9.54. The fourth-order valence-corrected chi connectivity index (χ4v) is 0.667. The van der Waals surface area contributed by atoms with Crippen molar-refractivity contribution >= 4 is 0 Å². The first-order chi connectivity index (χ1) is 5.48. The fourth-order valence-electron chi connectivity index (χ4n) is 0.667. The van der Waals surface area contributed by atoms with Crippen LogP contribution in [0, 0.1) is 17.8 Å². The van der Waals surface area contributed by atoms with Crippen molar-refractivity contribution in [3.8, 4) is 11.8 Å². The van der Waals surface area contributed by atoms with Gasteiger partial charge in [0.05, 0.1) is 5.60 Å². The Balaban J connectivity index is 3.79. The minimum Gasteiger partial charge on any atom is -0.389 e. The van der Waals surface area contributed by atoms with Gasteiger partial charge in [0.1, 0.15) is 0 Å². The van der Waals surface area contributed by atoms with Gasteiger partial charge in [-0.2, -0.15) is 0 Å². The Morgan fingerprint density at radius 2 is 2.00 bits per heavy atom. The highest BCUT2D eigenvalue weighted by atomic mass is 16.3. The minimum atomic E-state index is -0.667. The van der Waals surface area contributed by atoms with Crippen LogP contribution in [0.25, 0.3) is 0 Å². The van der Waals surface area contributed by atoms with Gasteiger partial charge in [-0.15, -0.1) is 5.92 Å². The molecule has 0 rings (SSSR count). The van der Waals surface area contributed by atoms with E-state index in [4.69, 9.17) is 0 Å². The molecule has 0 spiro atoms. The van der Waals surface area contributed by atoms with Crippen molar-refractivity contribution in [2.75, 3.05) is 0 Å². The highest BCUT2D eigenvalue weighted by molar-refractivity contribution is 5.06. The molecule has 0 aromatic rings. The van der Waals surface area contributed by atoms with Gasteiger partial charge in [-0.1, -0.05) is 19.3 Å². The molecule has 0 heterocycles. The summed E-state index contributed by atoms with van der Waals surface area (Å²) in [6, 6.07) is 0. The first kappa shape index (κ1) is 11.5. The van der Waals surface area contributed by atoms with Crippen molar-refractivity contribution in [1.82, 2.24) is 0 Å². The van der Waals surface area contributed by atoms with Crippen molar-refractivity contribution in [1.29, 1.82) is 0 Å². The summed E-state index contributed by atoms with van der Waals surface area (Å²) in [4.78, 5) is 0. The second-order valence-electron chi connectivity index (χ2n) is 3.80. The van der Waals surface area contributed by atoms with E-state index in [-0.39, 0.29) is 5.92 Å². The van der Waals surface area contributed by atoms with Crippen LogP contribution >= 0.6 is 0 Å². The molecule has 12 heavy (non-hydrogen) atoms. The Labute approximate surface area is 76.2 Å². The van der Waals surface area contributed by atoms with Gasteiger partial charge in [0.25, 0.3) is 0 Å². The van der Waals surface area contributed by atoms with E-state index >= 15 is 0 Å². The summed E-state index contributed by atoms with van der Waals surface area (Å²) in [5, 5.41) is 9.54. The Hall–Kier alpha value is -0.480. The highest BCUT2D eigenvalue weighted by Gasteiger charge is 2.19. The summed E-state index contributed by atoms with van der Waals surface area (Å²) in [7, 11) is 0. The van der Waals surface area contributed by atoms with Crippen molar-refractivity contribution in [3.05, 3.63) is 0 Å². The molecule has 0 aliphatic heterocycles. The topological polar surface area (TPSA) is 20.2 Å². The Kier molecular flexibility index (Phi) is 5.01. The van der Waals surface area contributed by atoms with E-state index in [1.165, 1.54) is 6.42 Å². The van der Waals surface area contributed by atoms with Crippen molar-refractivity contribution in [2.24, 2.45) is 5.92 Å². The lowest BCUT2D eigenvalue weighted by atomic mass is 9.93. The van der Waals surface area contributed by atoms with E-state index in [9.17, 15) is 5.11 Å². The minimum absolute atomic E-state index is 0.0642. The molecular weight excluding hydrogens is 148 g/mol. The van der Waals surface area contributed by atoms with Crippen LogP contribution in [0.5, 0.6) is 0 Å². The summed E-state index contributed by atoms with van der Waals surface area (Å²) < 4.78 is 0. The van der Waals surface area contributed by atoms with E-state index in [0.29, 0.717) is 0 Å². The van der Waals surface area contributed by atoms with Crippen LogP contribution in [0.2, 0.25) is 0 Å². The standard InChI is InChI=1S/C11H20O/c1-5-6-7-8-9-10(2)11(3,4)12/h10,12H,5-7H2,1-4H3. The molecule has 0 bridgehead atoms. The first-order valence-electron chi connectivity index (χ1n) is 4.69. The normalized spacial score (nSPS) is 13.4. The second kappa shape index (κ2) is 5.22.